The van der Waals surface area contributed by atoms with Gasteiger partial charge in [-0.05, 0) is 67.4 Å². The van der Waals surface area contributed by atoms with Gasteiger partial charge in [-0.25, -0.2) is 16.8 Å². The number of anilines is 2. The van der Waals surface area contributed by atoms with Gasteiger partial charge in [-0.3, -0.25) is 19.0 Å². The second-order valence-corrected chi connectivity index (χ2v) is 13.3. The zero-order valence-electron chi connectivity index (χ0n) is 23.7. The molecule has 0 fully saturated rings. The first-order chi connectivity index (χ1) is 19.5. The van der Waals surface area contributed by atoms with E-state index < -0.39 is 20.0 Å². The highest BCUT2D eigenvalue weighted by Gasteiger charge is 2.15. The zero-order valence-corrected chi connectivity index (χ0v) is 26.1. The van der Waals surface area contributed by atoms with Crippen LogP contribution in [0.25, 0.3) is 5.57 Å². The summed E-state index contributed by atoms with van der Waals surface area (Å²) in [5, 5.41) is 9.11. The molecule has 2 N–H and O–H groups in total. The molecule has 0 aliphatic rings. The third kappa shape index (κ3) is 11.0. The van der Waals surface area contributed by atoms with Crippen molar-refractivity contribution in [3.05, 3.63) is 94.6 Å². The Hall–Kier alpha value is -4.18. The Bertz CT molecular complexity index is 1760. The molecule has 0 radical (unpaired) electrons. The molecule has 42 heavy (non-hydrogen) atoms. The van der Waals surface area contributed by atoms with Crippen LogP contribution in [0.5, 0.6) is 0 Å². The van der Waals surface area contributed by atoms with Crippen LogP contribution in [0, 0.1) is 11.3 Å². The molecule has 13 heteroatoms. The Kier molecular flexibility index (Phi) is 11.9. The second kappa shape index (κ2) is 14.6. The van der Waals surface area contributed by atoms with Gasteiger partial charge in [0.15, 0.2) is 5.78 Å². The van der Waals surface area contributed by atoms with Crippen LogP contribution >= 0.6 is 11.6 Å². The lowest BCUT2D eigenvalue weighted by atomic mass is 10.0. The van der Waals surface area contributed by atoms with Crippen molar-refractivity contribution in [3.63, 3.8) is 0 Å². The quantitative estimate of drug-likeness (QED) is 0.306. The normalized spacial score (nSPS) is 11.4. The first-order valence-corrected chi connectivity index (χ1v) is 16.0. The molecule has 0 amide bonds. The number of ketones is 2. The van der Waals surface area contributed by atoms with Gasteiger partial charge in [0, 0.05) is 32.3 Å². The first-order valence-electron chi connectivity index (χ1n) is 12.3. The summed E-state index contributed by atoms with van der Waals surface area (Å²) in [4.78, 5) is 24.7. The van der Waals surface area contributed by atoms with Crippen molar-refractivity contribution in [3.8, 4) is 6.07 Å². The zero-order chi connectivity index (χ0) is 31.7. The molecule has 0 spiro atoms. The number of hydrogen-bond donors (Lipinski definition) is 2. The van der Waals surface area contributed by atoms with Crippen LogP contribution in [0.4, 0.5) is 11.4 Å². The summed E-state index contributed by atoms with van der Waals surface area (Å²) < 4.78 is 52.0. The summed E-state index contributed by atoms with van der Waals surface area (Å²) in [5.74, 6) is -0.157. The molecule has 0 saturated carbocycles. The van der Waals surface area contributed by atoms with Gasteiger partial charge in [-0.1, -0.05) is 35.9 Å². The SMILES string of the molecule is CC(=O)/C(=C/N(C)C)c1ccc(Cl)c(NS(C)(=O)=O)c1.CC(=O)Cc1cccc(S(=O)(=O)Nc2cccc(C#N)c2)c1. The number of allylic oxidation sites excluding steroid dienone is 1. The molecular weight excluding hydrogens is 600 g/mol. The Labute approximate surface area is 251 Å². The Morgan fingerprint density at radius 3 is 2.19 bits per heavy atom. The first kappa shape index (κ1) is 34.0. The summed E-state index contributed by atoms with van der Waals surface area (Å²) in [6.07, 6.45) is 2.90. The van der Waals surface area contributed by atoms with E-state index in [-0.39, 0.29) is 33.6 Å². The third-order valence-corrected chi connectivity index (χ3v) is 7.54. The van der Waals surface area contributed by atoms with Crippen molar-refractivity contribution in [2.24, 2.45) is 0 Å². The Morgan fingerprint density at radius 2 is 1.62 bits per heavy atom. The molecule has 3 aromatic carbocycles. The average Bonchev–Trinajstić information content (AvgIpc) is 2.87. The van der Waals surface area contributed by atoms with Crippen LogP contribution in [0.2, 0.25) is 5.02 Å². The van der Waals surface area contributed by atoms with E-state index in [0.717, 1.165) is 6.26 Å². The van der Waals surface area contributed by atoms with Gasteiger partial charge in [0.1, 0.15) is 5.78 Å². The van der Waals surface area contributed by atoms with Crippen molar-refractivity contribution in [2.75, 3.05) is 29.8 Å². The highest BCUT2D eigenvalue weighted by molar-refractivity contribution is 7.92. The largest absolute Gasteiger partial charge is 0.383 e. The fraction of sp³-hybridized carbons (Fsp3) is 0.207. The van der Waals surface area contributed by atoms with Crippen LogP contribution in [0.1, 0.15) is 30.5 Å². The van der Waals surface area contributed by atoms with Gasteiger partial charge in [-0.2, -0.15) is 5.26 Å². The van der Waals surface area contributed by atoms with E-state index >= 15 is 0 Å². The van der Waals surface area contributed by atoms with Gasteiger partial charge >= 0.3 is 0 Å². The molecule has 3 aromatic rings. The number of nitrogens with one attached hydrogen (secondary N) is 2. The standard InChI is InChI=1S/C16H14N2O3S.C13H17ClN2O3S/c1-12(19)8-13-4-3-7-16(10-13)22(20,21)18-15-6-2-5-14(9-15)11-17;1-9(17)11(8-16(2)3)10-5-6-12(14)13(7-10)15-20(4,18)19/h2-7,9-10,18H,8H2,1H3;5-8,15H,1-4H3/b;11-8-. The van der Waals surface area contributed by atoms with E-state index in [1.807, 2.05) is 6.07 Å². The molecule has 0 saturated heterocycles. The van der Waals surface area contributed by atoms with E-state index in [9.17, 15) is 26.4 Å². The number of nitriles is 1. The van der Waals surface area contributed by atoms with E-state index in [2.05, 4.69) is 9.44 Å². The van der Waals surface area contributed by atoms with Gasteiger partial charge in [0.2, 0.25) is 10.0 Å². The summed E-state index contributed by atoms with van der Waals surface area (Å²) in [6, 6.07) is 19.2. The third-order valence-electron chi connectivity index (χ3n) is 5.25. The van der Waals surface area contributed by atoms with Crippen molar-refractivity contribution in [1.82, 2.24) is 4.90 Å². The molecular formula is C29H31ClN4O6S2. The maximum atomic E-state index is 12.4. The van der Waals surface area contributed by atoms with Crippen molar-refractivity contribution < 1.29 is 26.4 Å². The number of sulfonamides is 2. The van der Waals surface area contributed by atoms with Crippen LogP contribution in [0.15, 0.2) is 77.8 Å². The number of rotatable bonds is 10. The van der Waals surface area contributed by atoms with Gasteiger partial charge in [0.25, 0.3) is 10.0 Å². The fourth-order valence-electron chi connectivity index (χ4n) is 3.57. The Morgan fingerprint density at radius 1 is 0.952 bits per heavy atom. The van der Waals surface area contributed by atoms with Crippen molar-refractivity contribution >= 4 is 60.2 Å². The number of hydrogen-bond acceptors (Lipinski definition) is 8. The highest BCUT2D eigenvalue weighted by Crippen LogP contribution is 2.28. The van der Waals surface area contributed by atoms with Gasteiger partial charge < -0.3 is 4.90 Å². The minimum absolute atomic E-state index is 0.0378. The number of benzene rings is 3. The molecule has 10 nitrogen and oxygen atoms in total. The summed E-state index contributed by atoms with van der Waals surface area (Å²) in [6.45, 7) is 2.90. The van der Waals surface area contributed by atoms with Crippen LogP contribution in [-0.2, 0) is 36.1 Å². The summed E-state index contributed by atoms with van der Waals surface area (Å²) in [7, 11) is -3.60. The van der Waals surface area contributed by atoms with Gasteiger partial charge in [0.05, 0.1) is 39.2 Å². The second-order valence-electron chi connectivity index (χ2n) is 9.46. The molecule has 0 heterocycles. The van der Waals surface area contributed by atoms with Crippen molar-refractivity contribution in [2.45, 2.75) is 25.2 Å². The smallest absolute Gasteiger partial charge is 0.261 e. The predicted octanol–water partition coefficient (Wildman–Crippen LogP) is 4.69. The number of halogens is 1. The Balaban J connectivity index is 0.000000295. The lowest BCUT2D eigenvalue weighted by molar-refractivity contribution is -0.116. The fourth-order valence-corrected chi connectivity index (χ4v) is 5.48. The maximum Gasteiger partial charge on any atom is 0.261 e. The molecule has 3 rings (SSSR count). The summed E-state index contributed by atoms with van der Waals surface area (Å²) in [5.41, 5.74) is 2.64. The van der Waals surface area contributed by atoms with Crippen molar-refractivity contribution in [1.29, 1.82) is 5.26 Å². The van der Waals surface area contributed by atoms with Gasteiger partial charge in [-0.15, -0.1) is 0 Å². The van der Waals surface area contributed by atoms with E-state index in [4.69, 9.17) is 16.9 Å². The van der Waals surface area contributed by atoms with Crippen LogP contribution < -0.4 is 9.44 Å². The molecule has 0 aliphatic heterocycles. The molecule has 0 aliphatic carbocycles. The van der Waals surface area contributed by atoms with E-state index in [1.165, 1.54) is 32.0 Å². The predicted molar refractivity (Wildman–Crippen MR) is 165 cm³/mol. The lowest BCUT2D eigenvalue weighted by Crippen LogP contribution is -2.13. The minimum Gasteiger partial charge on any atom is -0.383 e. The topological polar surface area (TPSA) is 154 Å². The number of carbonyl (C=O) groups is 2. The molecule has 0 unspecified atom stereocenters. The molecule has 0 bridgehead atoms. The van der Waals surface area contributed by atoms with E-state index in [1.54, 1.807) is 73.7 Å². The average molecular weight is 631 g/mol. The summed E-state index contributed by atoms with van der Waals surface area (Å²) >= 11 is 5.95. The highest BCUT2D eigenvalue weighted by atomic mass is 35.5. The molecule has 222 valence electrons. The van der Waals surface area contributed by atoms with E-state index in [0.29, 0.717) is 28.0 Å². The molecule has 0 atom stereocenters. The van der Waals surface area contributed by atoms with Crippen LogP contribution in [0.3, 0.4) is 0 Å². The lowest BCUT2D eigenvalue weighted by Gasteiger charge is -2.12. The number of Topliss-reactive ketones (excluding diaryl/α,β-unsaturated/α-hetero) is 2. The monoisotopic (exact) mass is 630 g/mol. The number of carbonyl (C=O) groups excluding carboxylic acids is 2. The molecule has 0 aromatic heterocycles. The minimum atomic E-state index is -3.77. The number of nitrogens with zero attached hydrogens (tertiary/aromatic N) is 2. The van der Waals surface area contributed by atoms with Crippen LogP contribution in [-0.4, -0.2) is 53.7 Å². The maximum absolute atomic E-state index is 12.4.